The summed E-state index contributed by atoms with van der Waals surface area (Å²) < 4.78 is 14.4. The molecule has 0 spiro atoms. The van der Waals surface area contributed by atoms with E-state index in [0.717, 1.165) is 16.1 Å². The van der Waals surface area contributed by atoms with Gasteiger partial charge in [-0.25, -0.2) is 9.37 Å². The van der Waals surface area contributed by atoms with E-state index in [9.17, 15) is 33.8 Å². The molecule has 1 aromatic carbocycles. The Kier molecular flexibility index (Phi) is 8.32. The van der Waals surface area contributed by atoms with Gasteiger partial charge in [0.1, 0.15) is 12.1 Å². The summed E-state index contributed by atoms with van der Waals surface area (Å²) in [5.74, 6) is -3.22. The highest BCUT2D eigenvalue weighted by molar-refractivity contribution is 7.13. The van der Waals surface area contributed by atoms with Crippen molar-refractivity contribution in [2.24, 2.45) is 5.41 Å². The number of carbonyl (C=O) groups is 4. The zero-order valence-corrected chi connectivity index (χ0v) is 23.8. The Labute approximate surface area is 236 Å². The van der Waals surface area contributed by atoms with E-state index in [1.165, 1.54) is 16.2 Å². The topological polar surface area (TPSA) is 149 Å². The lowest BCUT2D eigenvalue weighted by molar-refractivity contribution is -0.145. The van der Waals surface area contributed by atoms with Crippen molar-refractivity contribution in [3.8, 4) is 10.4 Å². The smallest absolute Gasteiger partial charge is 0.305 e. The van der Waals surface area contributed by atoms with Gasteiger partial charge in [-0.1, -0.05) is 45.0 Å². The average Bonchev–Trinajstić information content (AvgIpc) is 3.28. The van der Waals surface area contributed by atoms with Crippen LogP contribution in [0.5, 0.6) is 0 Å². The van der Waals surface area contributed by atoms with Crippen LogP contribution in [-0.2, 0) is 19.2 Å². The van der Waals surface area contributed by atoms with Crippen molar-refractivity contribution in [2.75, 3.05) is 6.54 Å². The minimum Gasteiger partial charge on any atom is -0.481 e. The molecule has 2 aliphatic rings. The van der Waals surface area contributed by atoms with Crippen LogP contribution < -0.4 is 10.6 Å². The van der Waals surface area contributed by atoms with E-state index < -0.39 is 65.4 Å². The van der Waals surface area contributed by atoms with Gasteiger partial charge in [-0.3, -0.25) is 19.2 Å². The summed E-state index contributed by atoms with van der Waals surface area (Å²) in [7, 11) is 0. The second kappa shape index (κ2) is 11.2. The van der Waals surface area contributed by atoms with Crippen molar-refractivity contribution < 1.29 is 33.8 Å². The fourth-order valence-corrected chi connectivity index (χ4v) is 5.67. The van der Waals surface area contributed by atoms with E-state index in [1.807, 2.05) is 19.1 Å². The number of carboxylic acids is 1. The molecular weight excluding hydrogens is 539 g/mol. The maximum Gasteiger partial charge on any atom is 0.305 e. The molecular formula is C28H35FN4O6S. The quantitative estimate of drug-likeness (QED) is 0.360. The summed E-state index contributed by atoms with van der Waals surface area (Å²) in [6, 6.07) is 4.03. The number of carbonyl (C=O) groups excluding carboxylic acids is 3. The number of β-amino-alcohol motifs (C(OH)–C–C–N with tert-alkyl or cyclic N) is 1. The number of benzene rings is 1. The Morgan fingerprint density at radius 1 is 1.18 bits per heavy atom. The molecule has 4 N–H and O–H groups in total. The second-order valence-electron chi connectivity index (χ2n) is 11.7. The van der Waals surface area contributed by atoms with Gasteiger partial charge in [-0.05, 0) is 36.3 Å². The molecule has 1 aliphatic carbocycles. The predicted molar refractivity (Wildman–Crippen MR) is 146 cm³/mol. The maximum atomic E-state index is 14.4. The number of aliphatic hydroxyl groups excluding tert-OH is 1. The number of aromatic nitrogens is 1. The van der Waals surface area contributed by atoms with Crippen molar-refractivity contribution in [1.82, 2.24) is 20.5 Å². The average molecular weight is 575 g/mol. The molecule has 1 saturated heterocycles. The molecule has 1 aliphatic heterocycles. The molecule has 2 fully saturated rings. The minimum atomic E-state index is -1.98. The third-order valence-corrected chi connectivity index (χ3v) is 8.34. The van der Waals surface area contributed by atoms with Crippen LogP contribution in [0.15, 0.2) is 29.8 Å². The number of thiazole rings is 1. The number of likely N-dealkylation sites (tertiary alicyclic amines) is 1. The molecule has 0 unspecified atom stereocenters. The Morgan fingerprint density at radius 2 is 1.82 bits per heavy atom. The molecule has 4 rings (SSSR count). The van der Waals surface area contributed by atoms with Gasteiger partial charge in [0.05, 0.1) is 34.6 Å². The molecule has 4 atom stereocenters. The third kappa shape index (κ3) is 6.49. The Balaban J connectivity index is 1.53. The highest BCUT2D eigenvalue weighted by Gasteiger charge is 2.53. The van der Waals surface area contributed by atoms with Gasteiger partial charge in [0, 0.05) is 13.0 Å². The van der Waals surface area contributed by atoms with Gasteiger partial charge in [-0.15, -0.1) is 11.3 Å². The summed E-state index contributed by atoms with van der Waals surface area (Å²) >= 11 is 1.49. The van der Waals surface area contributed by atoms with E-state index in [-0.39, 0.29) is 25.8 Å². The van der Waals surface area contributed by atoms with Crippen LogP contribution in [0.2, 0.25) is 0 Å². The molecule has 0 bridgehead atoms. The van der Waals surface area contributed by atoms with Crippen LogP contribution in [0, 0.1) is 12.3 Å². The molecule has 2 aromatic rings. The number of alkyl halides is 1. The Morgan fingerprint density at radius 3 is 2.35 bits per heavy atom. The molecule has 216 valence electrons. The van der Waals surface area contributed by atoms with Crippen molar-refractivity contribution in [1.29, 1.82) is 0 Å². The van der Waals surface area contributed by atoms with E-state index in [1.54, 1.807) is 38.4 Å². The molecule has 12 heteroatoms. The van der Waals surface area contributed by atoms with Gasteiger partial charge < -0.3 is 25.7 Å². The monoisotopic (exact) mass is 574 g/mol. The number of nitrogens with zero attached hydrogens (tertiary/aromatic N) is 2. The summed E-state index contributed by atoms with van der Waals surface area (Å²) in [6.45, 7) is 6.90. The fourth-order valence-electron chi connectivity index (χ4n) is 4.86. The van der Waals surface area contributed by atoms with E-state index in [2.05, 4.69) is 15.6 Å². The predicted octanol–water partition coefficient (Wildman–Crippen LogP) is 2.75. The van der Waals surface area contributed by atoms with Gasteiger partial charge >= 0.3 is 5.97 Å². The summed E-state index contributed by atoms with van der Waals surface area (Å²) in [5.41, 5.74) is 1.31. The number of hydrogen-bond acceptors (Lipinski definition) is 7. The van der Waals surface area contributed by atoms with Gasteiger partial charge in [0.2, 0.25) is 11.8 Å². The summed E-state index contributed by atoms with van der Waals surface area (Å²) in [4.78, 5) is 57.7. The standard InChI is InChI=1S/C28H35FN4O6S/c1-15-22(40-14-30-15)17-7-5-16(6-8-17)19(12-21(35)36)31-24(37)20-11-18(34)13-33(20)25(38)23(27(2,3)4)32-26(39)28(29)9-10-28/h5-8,14,18-20,23,34H,9-13H2,1-4H3,(H,31,37)(H,32,39)(H,35,36)/t18-,19+,20+,23+/m1/s1. The fraction of sp³-hybridized carbons (Fsp3) is 0.536. The lowest BCUT2D eigenvalue weighted by Gasteiger charge is -2.36. The molecule has 2 heterocycles. The van der Waals surface area contributed by atoms with Crippen molar-refractivity contribution in [2.45, 2.75) is 83.3 Å². The highest BCUT2D eigenvalue weighted by atomic mass is 32.1. The first-order valence-corrected chi connectivity index (χ1v) is 14.1. The van der Waals surface area contributed by atoms with Crippen molar-refractivity contribution in [3.63, 3.8) is 0 Å². The first-order valence-electron chi connectivity index (χ1n) is 13.2. The van der Waals surface area contributed by atoms with Crippen molar-refractivity contribution >= 4 is 35.0 Å². The van der Waals surface area contributed by atoms with Crippen LogP contribution in [0.3, 0.4) is 0 Å². The zero-order chi connectivity index (χ0) is 29.4. The lowest BCUT2D eigenvalue weighted by Crippen LogP contribution is -2.59. The number of carboxylic acid groups (broad SMARTS) is 1. The first kappa shape index (κ1) is 29.6. The summed E-state index contributed by atoms with van der Waals surface area (Å²) in [6.07, 6.45) is -1.27. The largest absolute Gasteiger partial charge is 0.481 e. The molecule has 3 amide bonds. The van der Waals surface area contributed by atoms with Crippen LogP contribution >= 0.6 is 11.3 Å². The van der Waals surface area contributed by atoms with E-state index >= 15 is 0 Å². The van der Waals surface area contributed by atoms with Crippen LogP contribution in [0.4, 0.5) is 4.39 Å². The number of aliphatic hydroxyl groups is 1. The number of nitrogens with one attached hydrogen (secondary N) is 2. The third-order valence-electron chi connectivity index (χ3n) is 7.37. The zero-order valence-electron chi connectivity index (χ0n) is 22.9. The van der Waals surface area contributed by atoms with Crippen molar-refractivity contribution in [3.05, 3.63) is 41.0 Å². The number of aryl methyl sites for hydroxylation is 1. The number of rotatable bonds is 9. The highest BCUT2D eigenvalue weighted by Crippen LogP contribution is 2.40. The number of amides is 3. The lowest BCUT2D eigenvalue weighted by atomic mass is 9.85. The van der Waals surface area contributed by atoms with Gasteiger partial charge in [-0.2, -0.15) is 0 Å². The molecule has 1 aromatic heterocycles. The number of hydrogen-bond donors (Lipinski definition) is 4. The first-order chi connectivity index (χ1) is 18.7. The SMILES string of the molecule is Cc1ncsc1-c1ccc([C@H](CC(=O)O)NC(=O)[C@@H]2C[C@@H](O)CN2C(=O)[C@H](NC(=O)C2(F)CC2)C(C)(C)C)cc1. The summed E-state index contributed by atoms with van der Waals surface area (Å²) in [5, 5.41) is 25.2. The molecule has 10 nitrogen and oxygen atoms in total. The van der Waals surface area contributed by atoms with Gasteiger partial charge in [0.25, 0.3) is 5.91 Å². The molecule has 1 saturated carbocycles. The van der Waals surface area contributed by atoms with Crippen LogP contribution in [0.25, 0.3) is 10.4 Å². The minimum absolute atomic E-state index is 0.0567. The maximum absolute atomic E-state index is 14.4. The Hall–Kier alpha value is -3.38. The number of halogens is 1. The molecule has 0 radical (unpaired) electrons. The van der Waals surface area contributed by atoms with Gasteiger partial charge in [0.15, 0.2) is 5.67 Å². The van der Waals surface area contributed by atoms with E-state index in [4.69, 9.17) is 0 Å². The van der Waals surface area contributed by atoms with E-state index in [0.29, 0.717) is 5.56 Å². The molecule has 40 heavy (non-hydrogen) atoms. The van der Waals surface area contributed by atoms with Crippen LogP contribution in [0.1, 0.15) is 63.8 Å². The normalized spacial score (nSPS) is 21.4. The second-order valence-corrected chi connectivity index (χ2v) is 12.5. The number of aliphatic carboxylic acids is 1. The Bertz CT molecular complexity index is 1290. The van der Waals surface area contributed by atoms with Crippen LogP contribution in [-0.4, -0.2) is 74.2 Å².